The molecule has 0 spiro atoms. The van der Waals surface area contributed by atoms with Gasteiger partial charge in [-0.3, -0.25) is 0 Å². The first kappa shape index (κ1) is 34.5. The molecule has 0 aromatic rings. The van der Waals surface area contributed by atoms with Gasteiger partial charge in [-0.1, -0.05) is 39.8 Å². The molecule has 0 rings (SSSR count). The van der Waals surface area contributed by atoms with E-state index in [0.29, 0.717) is 11.1 Å². The molecule has 9 heteroatoms. The fourth-order valence-corrected chi connectivity index (χ4v) is 3.03. The maximum Gasteiger partial charge on any atom is 0.513 e. The fourth-order valence-electron chi connectivity index (χ4n) is 3.03. The molecular weight excluding hydrogens is 468 g/mol. The molecule has 0 aliphatic carbocycles. The molecule has 0 aliphatic heterocycles. The second-order valence-corrected chi connectivity index (χ2v) is 11.2. The topological polar surface area (TPSA) is 90.9 Å². The van der Waals surface area contributed by atoms with Crippen molar-refractivity contribution < 1.29 is 43.3 Å². The van der Waals surface area contributed by atoms with E-state index in [-0.39, 0.29) is 0 Å². The maximum atomic E-state index is 12.6. The molecule has 0 bridgehead atoms. The van der Waals surface area contributed by atoms with Crippen molar-refractivity contribution in [3.05, 3.63) is 24.3 Å². The van der Waals surface area contributed by atoms with Crippen LogP contribution in [0.2, 0.25) is 0 Å². The van der Waals surface area contributed by atoms with Crippen LogP contribution < -0.4 is 0 Å². The van der Waals surface area contributed by atoms with Gasteiger partial charge in [-0.2, -0.15) is 9.78 Å². The van der Waals surface area contributed by atoms with Crippen LogP contribution in [-0.2, 0) is 38.5 Å². The molecule has 0 saturated carbocycles. The molecule has 0 aromatic heterocycles. The summed E-state index contributed by atoms with van der Waals surface area (Å²) in [6, 6.07) is 0. The van der Waals surface area contributed by atoms with Gasteiger partial charge in [0.25, 0.3) is 0 Å². The van der Waals surface area contributed by atoms with Crippen LogP contribution in [0.3, 0.4) is 0 Å². The van der Waals surface area contributed by atoms with Gasteiger partial charge in [-0.15, -0.1) is 0 Å². The van der Waals surface area contributed by atoms with Crippen LogP contribution in [0.5, 0.6) is 0 Å². The molecule has 2 unspecified atom stereocenters. The molecule has 0 fully saturated rings. The van der Waals surface area contributed by atoms with Gasteiger partial charge >= 0.3 is 6.16 Å². The van der Waals surface area contributed by atoms with Crippen molar-refractivity contribution in [1.29, 1.82) is 0 Å². The lowest BCUT2D eigenvalue weighted by Crippen LogP contribution is -2.42. The third-order valence-electron chi connectivity index (χ3n) is 4.67. The third kappa shape index (κ3) is 14.9. The Morgan fingerprint density at radius 1 is 0.667 bits per heavy atom. The molecule has 0 radical (unpaired) electrons. The summed E-state index contributed by atoms with van der Waals surface area (Å²) in [5.41, 5.74) is 0.0232. The van der Waals surface area contributed by atoms with E-state index in [9.17, 15) is 4.79 Å². The summed E-state index contributed by atoms with van der Waals surface area (Å²) < 4.78 is 22.4. The van der Waals surface area contributed by atoms with E-state index in [0.717, 1.165) is 25.7 Å². The SMILES string of the molecule is C=C(C)C(OOC(C)(C)CCC)OC(C)(C)OC(=O)OC(C)(C)OC(OOC(C)(C)CCC)C(=C)C. The lowest BCUT2D eigenvalue weighted by atomic mass is 10.0. The lowest BCUT2D eigenvalue weighted by molar-refractivity contribution is -0.437. The van der Waals surface area contributed by atoms with E-state index in [2.05, 4.69) is 27.0 Å². The van der Waals surface area contributed by atoms with Crippen molar-refractivity contribution in [3.8, 4) is 0 Å². The minimum Gasteiger partial charge on any atom is -0.402 e. The number of ether oxygens (including phenoxy) is 4. The summed E-state index contributed by atoms with van der Waals surface area (Å²) in [5.74, 6) is -2.88. The Balaban J connectivity index is 5.09. The second kappa shape index (κ2) is 14.4. The quantitative estimate of drug-likeness (QED) is 0.0601. The lowest BCUT2D eigenvalue weighted by Gasteiger charge is -2.34. The molecule has 0 heterocycles. The first-order valence-corrected chi connectivity index (χ1v) is 12.5. The van der Waals surface area contributed by atoms with E-state index in [1.165, 1.54) is 0 Å². The summed E-state index contributed by atoms with van der Waals surface area (Å²) in [6.45, 7) is 29.1. The van der Waals surface area contributed by atoms with Crippen LogP contribution in [-0.4, -0.2) is 41.5 Å². The molecule has 0 saturated heterocycles. The summed E-state index contributed by atoms with van der Waals surface area (Å²) in [5, 5.41) is 0. The van der Waals surface area contributed by atoms with E-state index >= 15 is 0 Å². The normalized spacial score (nSPS) is 14.8. The van der Waals surface area contributed by atoms with E-state index < -0.39 is 41.5 Å². The highest BCUT2D eigenvalue weighted by atomic mass is 17.2. The van der Waals surface area contributed by atoms with Gasteiger partial charge in [0.15, 0.2) is 0 Å². The molecule has 212 valence electrons. The Bertz CT molecular complexity index is 652. The summed E-state index contributed by atoms with van der Waals surface area (Å²) >= 11 is 0. The van der Waals surface area contributed by atoms with Gasteiger partial charge in [0.05, 0.1) is 11.2 Å². The van der Waals surface area contributed by atoms with Gasteiger partial charge in [0.2, 0.25) is 24.2 Å². The Morgan fingerprint density at radius 2 is 0.972 bits per heavy atom. The zero-order chi connectivity index (χ0) is 28.4. The number of carbonyl (C=O) groups excluding carboxylic acids is 1. The van der Waals surface area contributed by atoms with Gasteiger partial charge in [0.1, 0.15) is 0 Å². The number of hydrogen-bond acceptors (Lipinski definition) is 9. The van der Waals surface area contributed by atoms with Crippen LogP contribution in [0.1, 0.15) is 109 Å². The number of hydrogen-bond donors (Lipinski definition) is 0. The minimum atomic E-state index is -1.44. The van der Waals surface area contributed by atoms with Crippen molar-refractivity contribution in [1.82, 2.24) is 0 Å². The second-order valence-electron chi connectivity index (χ2n) is 11.2. The van der Waals surface area contributed by atoms with Crippen molar-refractivity contribution in [3.63, 3.8) is 0 Å². The molecular formula is C27H50O9. The van der Waals surface area contributed by atoms with Crippen LogP contribution in [0, 0.1) is 0 Å². The Labute approximate surface area is 218 Å². The Kier molecular flexibility index (Phi) is 13.9. The fraction of sp³-hybridized carbons (Fsp3) is 0.815. The standard InChI is InChI=1S/C27H50O9/c1-15-17-24(7,8)35-33-21(19(3)4)29-26(11,12)31-23(28)32-27(13,14)30-22(20(5)6)34-36-25(9,10)18-16-2/h21-22H,3,5,15-18H2,1-2,4,6-14H3. The molecule has 0 N–H and O–H groups in total. The van der Waals surface area contributed by atoms with E-state index in [1.807, 2.05) is 27.7 Å². The van der Waals surface area contributed by atoms with Crippen LogP contribution in [0.4, 0.5) is 4.79 Å². The predicted molar refractivity (Wildman–Crippen MR) is 137 cm³/mol. The third-order valence-corrected chi connectivity index (χ3v) is 4.67. The summed E-state index contributed by atoms with van der Waals surface area (Å²) in [4.78, 5) is 34.6. The number of carbonyl (C=O) groups is 1. The Hall–Kier alpha value is -1.49. The monoisotopic (exact) mass is 518 g/mol. The maximum absolute atomic E-state index is 12.6. The predicted octanol–water partition coefficient (Wildman–Crippen LogP) is 7.50. The minimum absolute atomic E-state index is 0.519. The largest absolute Gasteiger partial charge is 0.513 e. The average Bonchev–Trinajstić information content (AvgIpc) is 2.66. The van der Waals surface area contributed by atoms with Crippen LogP contribution in [0.15, 0.2) is 24.3 Å². The first-order chi connectivity index (χ1) is 16.2. The highest BCUT2D eigenvalue weighted by Crippen LogP contribution is 2.26. The molecule has 2 atom stereocenters. The van der Waals surface area contributed by atoms with Crippen molar-refractivity contribution in [2.45, 2.75) is 144 Å². The zero-order valence-corrected chi connectivity index (χ0v) is 24.6. The van der Waals surface area contributed by atoms with Crippen molar-refractivity contribution >= 4 is 6.16 Å². The molecule has 36 heavy (non-hydrogen) atoms. The number of rotatable bonds is 18. The summed E-state index contributed by atoms with van der Waals surface area (Å²) in [7, 11) is 0. The Morgan fingerprint density at radius 3 is 1.22 bits per heavy atom. The van der Waals surface area contributed by atoms with Gasteiger partial charge < -0.3 is 18.9 Å². The van der Waals surface area contributed by atoms with E-state index in [1.54, 1.807) is 41.5 Å². The van der Waals surface area contributed by atoms with Crippen molar-refractivity contribution in [2.24, 2.45) is 0 Å². The van der Waals surface area contributed by atoms with Crippen LogP contribution >= 0.6 is 0 Å². The highest BCUT2D eigenvalue weighted by Gasteiger charge is 2.36. The summed E-state index contributed by atoms with van der Waals surface area (Å²) in [6.07, 6.45) is 0.447. The first-order valence-electron chi connectivity index (χ1n) is 12.5. The van der Waals surface area contributed by atoms with Gasteiger partial charge in [-0.05, 0) is 65.5 Å². The molecule has 0 aromatic carbocycles. The molecule has 0 aliphatic rings. The van der Waals surface area contributed by atoms with Crippen LogP contribution in [0.25, 0.3) is 0 Å². The zero-order valence-electron chi connectivity index (χ0n) is 24.6. The molecule has 0 amide bonds. The van der Waals surface area contributed by atoms with E-state index in [4.69, 9.17) is 38.5 Å². The van der Waals surface area contributed by atoms with Gasteiger partial charge in [-0.25, -0.2) is 14.6 Å². The average molecular weight is 519 g/mol. The van der Waals surface area contributed by atoms with Crippen molar-refractivity contribution in [2.75, 3.05) is 0 Å². The van der Waals surface area contributed by atoms with Gasteiger partial charge in [0, 0.05) is 27.7 Å². The highest BCUT2D eigenvalue weighted by molar-refractivity contribution is 5.60. The smallest absolute Gasteiger partial charge is 0.402 e. The molecule has 9 nitrogen and oxygen atoms in total.